The third-order valence-electron chi connectivity index (χ3n) is 12.5. The second kappa shape index (κ2) is 11.8. The van der Waals surface area contributed by atoms with E-state index in [1.54, 1.807) is 24.3 Å². The molecule has 1 amide bonds. The molecule has 8 heteroatoms. The smallest absolute Gasteiger partial charge is 0.272 e. The molecule has 238 valence electrons. The lowest BCUT2D eigenvalue weighted by molar-refractivity contribution is -0.145. The Morgan fingerprint density at radius 2 is 1.80 bits per heavy atom. The molecule has 0 bridgehead atoms. The standard InChI is InChI=1S/C37H44FN3O4/c1-36-15-13-24(42)21-23(36)8-9-27-29-10-12-33(37(29,2)16-14-30(27)36)45-18-17-39-34(43)28-19-22(7-11-31(28)38)20-32-25-5-3-4-6-26(25)35(44)41-40-32/h3-7,11,19,23,27,29-30,33H,8-10,12-18,20-21H2,1-2H3,(H,39,43)(H,41,44)/t23-,27-,29-,30-,33-,36-,37-/m0/s1. The Kier molecular flexibility index (Phi) is 7.91. The fraction of sp³-hybridized carbons (Fsp3) is 0.568. The fourth-order valence-corrected chi connectivity index (χ4v) is 10.1. The van der Waals surface area contributed by atoms with Gasteiger partial charge in [0.05, 0.1) is 29.4 Å². The summed E-state index contributed by atoms with van der Waals surface area (Å²) in [5.74, 6) is 2.06. The van der Waals surface area contributed by atoms with Gasteiger partial charge in [0.15, 0.2) is 0 Å². The first-order chi connectivity index (χ1) is 21.7. The van der Waals surface area contributed by atoms with Crippen LogP contribution in [0, 0.1) is 40.3 Å². The van der Waals surface area contributed by atoms with E-state index in [-0.39, 0.29) is 22.6 Å². The van der Waals surface area contributed by atoms with Crippen LogP contribution in [0.4, 0.5) is 4.39 Å². The topological polar surface area (TPSA) is 101 Å². The quantitative estimate of drug-likeness (QED) is 0.301. The van der Waals surface area contributed by atoms with Gasteiger partial charge in [0.25, 0.3) is 11.5 Å². The Hall–Kier alpha value is -3.39. The molecule has 1 aromatic heterocycles. The number of fused-ring (bicyclic) bond motifs is 6. The first-order valence-corrected chi connectivity index (χ1v) is 16.8. The summed E-state index contributed by atoms with van der Waals surface area (Å²) in [4.78, 5) is 37.4. The zero-order chi connectivity index (χ0) is 31.3. The number of carbonyl (C=O) groups excluding carboxylic acids is 2. The van der Waals surface area contributed by atoms with E-state index in [0.717, 1.165) is 43.1 Å². The molecule has 0 saturated heterocycles. The van der Waals surface area contributed by atoms with Gasteiger partial charge in [0.2, 0.25) is 0 Å². The number of nitrogens with zero attached hydrogens (tertiary/aromatic N) is 1. The SMILES string of the molecule is C[C@]12CCC(=O)C[C@@H]1CC[C@@H]1[C@@H]2CC[C@]2(C)[C@@H](OCCNC(=O)c3cc(Cc4n[nH]c(=O)c5ccccc45)ccc3F)CC[C@@H]12. The number of hydrogen-bond donors (Lipinski definition) is 2. The summed E-state index contributed by atoms with van der Waals surface area (Å²) in [5, 5.41) is 10.9. The number of H-pyrrole nitrogens is 1. The summed E-state index contributed by atoms with van der Waals surface area (Å²) in [5.41, 5.74) is 1.55. The molecular formula is C37H44FN3O4. The van der Waals surface area contributed by atoms with E-state index >= 15 is 0 Å². The van der Waals surface area contributed by atoms with Gasteiger partial charge in [-0.15, -0.1) is 0 Å². The molecule has 7 rings (SSSR count). The minimum absolute atomic E-state index is 0.0130. The second-order valence-electron chi connectivity index (χ2n) is 14.7. The normalized spacial score (nSPS) is 32.5. The van der Waals surface area contributed by atoms with E-state index in [0.29, 0.717) is 65.5 Å². The van der Waals surface area contributed by atoms with Gasteiger partial charge in [0.1, 0.15) is 11.6 Å². The average molecular weight is 614 g/mol. The van der Waals surface area contributed by atoms with Crippen molar-refractivity contribution in [1.82, 2.24) is 15.5 Å². The van der Waals surface area contributed by atoms with Crippen molar-refractivity contribution in [3.63, 3.8) is 0 Å². The lowest BCUT2D eigenvalue weighted by atomic mass is 9.45. The number of rotatable bonds is 7. The van der Waals surface area contributed by atoms with Crippen LogP contribution in [0.1, 0.15) is 93.3 Å². The molecule has 4 aliphatic carbocycles. The Bertz CT molecular complexity index is 1690. The summed E-state index contributed by atoms with van der Waals surface area (Å²) in [6.07, 6.45) is 10.1. The van der Waals surface area contributed by atoms with Gasteiger partial charge in [-0.25, -0.2) is 9.49 Å². The summed E-state index contributed by atoms with van der Waals surface area (Å²) in [6, 6.07) is 11.7. The van der Waals surface area contributed by atoms with Crippen molar-refractivity contribution in [1.29, 1.82) is 0 Å². The number of aromatic amines is 1. The number of benzene rings is 2. The Labute approximate surface area is 263 Å². The molecule has 2 aromatic carbocycles. The zero-order valence-electron chi connectivity index (χ0n) is 26.4. The van der Waals surface area contributed by atoms with Gasteiger partial charge in [-0.1, -0.05) is 38.1 Å². The lowest BCUT2D eigenvalue weighted by Gasteiger charge is -2.60. The first-order valence-electron chi connectivity index (χ1n) is 16.8. The number of hydrogen-bond acceptors (Lipinski definition) is 5. The number of ether oxygens (including phenoxy) is 1. The largest absolute Gasteiger partial charge is 0.376 e. The minimum Gasteiger partial charge on any atom is -0.376 e. The summed E-state index contributed by atoms with van der Waals surface area (Å²) in [7, 11) is 0. The molecule has 0 radical (unpaired) electrons. The molecule has 4 saturated carbocycles. The van der Waals surface area contributed by atoms with Crippen LogP contribution in [-0.2, 0) is 16.0 Å². The average Bonchev–Trinajstić information content (AvgIpc) is 3.38. The minimum atomic E-state index is -0.579. The highest BCUT2D eigenvalue weighted by molar-refractivity contribution is 5.94. The Morgan fingerprint density at radius 3 is 2.64 bits per heavy atom. The van der Waals surface area contributed by atoms with E-state index in [1.165, 1.54) is 31.7 Å². The second-order valence-corrected chi connectivity index (χ2v) is 14.7. The monoisotopic (exact) mass is 613 g/mol. The van der Waals surface area contributed by atoms with Gasteiger partial charge in [-0.2, -0.15) is 5.10 Å². The first kappa shape index (κ1) is 30.3. The van der Waals surface area contributed by atoms with E-state index in [9.17, 15) is 18.8 Å². The molecule has 4 fully saturated rings. The third-order valence-corrected chi connectivity index (χ3v) is 12.5. The van der Waals surface area contributed by atoms with Crippen molar-refractivity contribution in [3.8, 4) is 0 Å². The van der Waals surface area contributed by atoms with Crippen LogP contribution in [0.3, 0.4) is 0 Å². The van der Waals surface area contributed by atoms with Gasteiger partial charge >= 0.3 is 0 Å². The molecule has 4 aliphatic rings. The highest BCUT2D eigenvalue weighted by Crippen LogP contribution is 2.66. The Balaban J connectivity index is 0.955. The molecule has 1 heterocycles. The lowest BCUT2D eigenvalue weighted by Crippen LogP contribution is -2.54. The van der Waals surface area contributed by atoms with Crippen LogP contribution in [0.5, 0.6) is 0 Å². The van der Waals surface area contributed by atoms with Crippen molar-refractivity contribution in [2.24, 2.45) is 34.5 Å². The number of Topliss-reactive ketones (excluding diaryl/α,β-unsaturated/α-hetero) is 1. The van der Waals surface area contributed by atoms with Crippen molar-refractivity contribution in [2.75, 3.05) is 13.2 Å². The van der Waals surface area contributed by atoms with Gasteiger partial charge in [0, 0.05) is 31.2 Å². The number of ketones is 1. The van der Waals surface area contributed by atoms with Crippen LogP contribution < -0.4 is 10.9 Å². The number of nitrogens with one attached hydrogen (secondary N) is 2. The molecule has 0 unspecified atom stereocenters. The summed E-state index contributed by atoms with van der Waals surface area (Å²) in [6.45, 7) is 5.61. The van der Waals surface area contributed by atoms with Gasteiger partial charge in [-0.05, 0) is 103 Å². The molecule has 0 spiro atoms. The van der Waals surface area contributed by atoms with E-state index in [4.69, 9.17) is 4.74 Å². The van der Waals surface area contributed by atoms with Crippen LogP contribution >= 0.6 is 0 Å². The molecule has 45 heavy (non-hydrogen) atoms. The maximum atomic E-state index is 14.8. The number of carbonyl (C=O) groups is 2. The van der Waals surface area contributed by atoms with Crippen molar-refractivity contribution in [2.45, 2.75) is 84.2 Å². The summed E-state index contributed by atoms with van der Waals surface area (Å²) < 4.78 is 21.2. The van der Waals surface area contributed by atoms with Crippen LogP contribution in [-0.4, -0.2) is 41.1 Å². The fourth-order valence-electron chi connectivity index (χ4n) is 10.1. The maximum Gasteiger partial charge on any atom is 0.272 e. The highest BCUT2D eigenvalue weighted by atomic mass is 19.1. The zero-order valence-corrected chi connectivity index (χ0v) is 26.4. The van der Waals surface area contributed by atoms with Crippen LogP contribution in [0.2, 0.25) is 0 Å². The Morgan fingerprint density at radius 1 is 1.00 bits per heavy atom. The molecule has 7 atom stereocenters. The van der Waals surface area contributed by atoms with Crippen molar-refractivity contribution in [3.05, 3.63) is 75.5 Å². The number of halogens is 1. The molecule has 3 aromatic rings. The summed E-state index contributed by atoms with van der Waals surface area (Å²) >= 11 is 0. The van der Waals surface area contributed by atoms with E-state index in [1.807, 2.05) is 12.1 Å². The number of amides is 1. The van der Waals surface area contributed by atoms with Crippen molar-refractivity contribution >= 4 is 22.5 Å². The number of aromatic nitrogens is 2. The molecule has 2 N–H and O–H groups in total. The third kappa shape index (κ3) is 5.33. The van der Waals surface area contributed by atoms with Crippen LogP contribution in [0.15, 0.2) is 47.3 Å². The van der Waals surface area contributed by atoms with Gasteiger partial charge in [-0.3, -0.25) is 14.4 Å². The van der Waals surface area contributed by atoms with Gasteiger partial charge < -0.3 is 10.1 Å². The molecule has 0 aliphatic heterocycles. The predicted octanol–water partition coefficient (Wildman–Crippen LogP) is 6.38. The maximum absolute atomic E-state index is 14.8. The van der Waals surface area contributed by atoms with E-state index in [2.05, 4.69) is 29.4 Å². The van der Waals surface area contributed by atoms with E-state index < -0.39 is 11.7 Å². The van der Waals surface area contributed by atoms with Crippen LogP contribution in [0.25, 0.3) is 10.8 Å². The molecule has 7 nitrogen and oxygen atoms in total. The highest BCUT2D eigenvalue weighted by Gasteiger charge is 2.60. The van der Waals surface area contributed by atoms with Crippen molar-refractivity contribution < 1.29 is 18.7 Å². The predicted molar refractivity (Wildman–Crippen MR) is 170 cm³/mol. The molecular weight excluding hydrogens is 569 g/mol.